The van der Waals surface area contributed by atoms with E-state index in [1.165, 1.54) is 24.1 Å². The second-order valence-corrected chi connectivity index (χ2v) is 12.7. The number of hydrogen-bond acceptors (Lipinski definition) is 5. The fourth-order valence-corrected chi connectivity index (χ4v) is 6.02. The molecule has 220 valence electrons. The minimum absolute atomic E-state index is 0.00484. The van der Waals surface area contributed by atoms with Gasteiger partial charge in [-0.2, -0.15) is 0 Å². The molecule has 1 N–H and O–H groups in total. The van der Waals surface area contributed by atoms with E-state index < -0.39 is 28.5 Å². The lowest BCUT2D eigenvalue weighted by atomic mass is 10.1. The number of sulfonamides is 1. The first kappa shape index (κ1) is 32.2. The summed E-state index contributed by atoms with van der Waals surface area (Å²) in [6, 6.07) is 16.9. The number of nitrogens with zero attached hydrogens (tertiary/aromatic N) is 2. The first-order valence-electron chi connectivity index (χ1n) is 13.1. The summed E-state index contributed by atoms with van der Waals surface area (Å²) in [5.74, 6) is -0.566. The van der Waals surface area contributed by atoms with Crippen LogP contribution in [-0.4, -0.2) is 51.4 Å². The molecule has 11 heteroatoms. The first-order valence-corrected chi connectivity index (χ1v) is 15.3. The highest BCUT2D eigenvalue weighted by atomic mass is 35.5. The number of aryl methyl sites for hydroxylation is 1. The summed E-state index contributed by atoms with van der Waals surface area (Å²) in [5.41, 5.74) is 1.50. The third-order valence-corrected chi connectivity index (χ3v) is 8.97. The summed E-state index contributed by atoms with van der Waals surface area (Å²) in [6.07, 6.45) is 0. The van der Waals surface area contributed by atoms with Crippen molar-refractivity contribution in [3.05, 3.63) is 87.9 Å². The molecule has 0 saturated carbocycles. The van der Waals surface area contributed by atoms with E-state index in [2.05, 4.69) is 5.32 Å². The molecular weight excluding hydrogens is 585 g/mol. The molecule has 8 nitrogen and oxygen atoms in total. The molecule has 3 aromatic carbocycles. The number of amides is 2. The molecule has 0 saturated heterocycles. The number of methoxy groups -OCH3 is 1. The number of benzene rings is 3. The summed E-state index contributed by atoms with van der Waals surface area (Å²) in [4.78, 5) is 28.5. The van der Waals surface area contributed by atoms with Crippen molar-refractivity contribution in [2.24, 2.45) is 5.92 Å². The molecule has 1 atom stereocenters. The average molecular weight is 621 g/mol. The van der Waals surface area contributed by atoms with Crippen molar-refractivity contribution < 1.29 is 22.7 Å². The van der Waals surface area contributed by atoms with Gasteiger partial charge in [0, 0.05) is 28.7 Å². The molecule has 0 aromatic heterocycles. The molecule has 0 aliphatic carbocycles. The van der Waals surface area contributed by atoms with Gasteiger partial charge in [0.05, 0.1) is 17.7 Å². The summed E-state index contributed by atoms with van der Waals surface area (Å²) in [6.45, 7) is 7.03. The van der Waals surface area contributed by atoms with Crippen molar-refractivity contribution in [1.82, 2.24) is 10.2 Å². The van der Waals surface area contributed by atoms with Crippen LogP contribution >= 0.6 is 23.2 Å². The molecule has 41 heavy (non-hydrogen) atoms. The number of nitrogens with one attached hydrogen (secondary N) is 1. The van der Waals surface area contributed by atoms with Gasteiger partial charge in [-0.1, -0.05) is 72.9 Å². The number of halogens is 2. The zero-order chi connectivity index (χ0) is 30.3. The van der Waals surface area contributed by atoms with Crippen molar-refractivity contribution in [2.45, 2.75) is 45.2 Å². The summed E-state index contributed by atoms with van der Waals surface area (Å²) in [5, 5.41) is 3.48. The Labute approximate surface area is 252 Å². The van der Waals surface area contributed by atoms with Crippen molar-refractivity contribution in [3.63, 3.8) is 0 Å². The van der Waals surface area contributed by atoms with Crippen molar-refractivity contribution >= 4 is 50.7 Å². The normalized spacial score (nSPS) is 12.1. The number of carbonyl (C=O) groups is 2. The van der Waals surface area contributed by atoms with Crippen LogP contribution in [0.4, 0.5) is 5.69 Å². The molecule has 3 rings (SSSR count). The Morgan fingerprint density at radius 2 is 1.54 bits per heavy atom. The van der Waals surface area contributed by atoms with E-state index in [1.54, 1.807) is 61.5 Å². The highest BCUT2D eigenvalue weighted by Crippen LogP contribution is 2.33. The standard InChI is InChI=1S/C30H35Cl2N3O5S/c1-20(2)17-33-30(37)22(4)34(18-24-25(31)9-8-10-26(24)32)29(36)19-35(27-11-6-7-12-28(27)40-5)41(38,39)23-15-13-21(3)14-16-23/h6-16,20,22H,17-19H2,1-5H3,(H,33,37)/t22-/m0/s1. The van der Waals surface area contributed by atoms with Gasteiger partial charge in [0.15, 0.2) is 0 Å². The number of ether oxygens (including phenoxy) is 1. The van der Waals surface area contributed by atoms with Crippen LogP contribution in [0.25, 0.3) is 0 Å². The zero-order valence-electron chi connectivity index (χ0n) is 23.7. The second kappa shape index (κ2) is 14.1. The van der Waals surface area contributed by atoms with E-state index in [9.17, 15) is 18.0 Å². The lowest BCUT2D eigenvalue weighted by Gasteiger charge is -2.32. The van der Waals surface area contributed by atoms with Gasteiger partial charge in [0.25, 0.3) is 10.0 Å². The topological polar surface area (TPSA) is 96.0 Å². The molecule has 0 aliphatic rings. The predicted octanol–water partition coefficient (Wildman–Crippen LogP) is 5.70. The zero-order valence-corrected chi connectivity index (χ0v) is 26.1. The van der Waals surface area contributed by atoms with Crippen LogP contribution in [0.5, 0.6) is 5.75 Å². The van der Waals surface area contributed by atoms with Crippen LogP contribution in [0.1, 0.15) is 31.9 Å². The Morgan fingerprint density at radius 1 is 0.927 bits per heavy atom. The van der Waals surface area contributed by atoms with Gasteiger partial charge in [-0.25, -0.2) is 8.42 Å². The molecule has 0 unspecified atom stereocenters. The maximum Gasteiger partial charge on any atom is 0.264 e. The Kier molecular flexibility index (Phi) is 11.1. The molecule has 0 aliphatic heterocycles. The molecule has 0 radical (unpaired) electrons. The minimum Gasteiger partial charge on any atom is -0.495 e. The Balaban J connectivity index is 2.09. The lowest BCUT2D eigenvalue weighted by Crippen LogP contribution is -2.51. The van der Waals surface area contributed by atoms with Crippen LogP contribution in [0.15, 0.2) is 71.6 Å². The van der Waals surface area contributed by atoms with Crippen molar-refractivity contribution in [3.8, 4) is 5.75 Å². The quantitative estimate of drug-likeness (QED) is 0.281. The Hall–Kier alpha value is -3.27. The Morgan fingerprint density at radius 3 is 2.12 bits per heavy atom. The van der Waals surface area contributed by atoms with E-state index in [-0.39, 0.29) is 34.7 Å². The van der Waals surface area contributed by atoms with Crippen LogP contribution in [0.2, 0.25) is 10.0 Å². The number of para-hydroxylation sites is 2. The van der Waals surface area contributed by atoms with Gasteiger partial charge >= 0.3 is 0 Å². The molecule has 3 aromatic rings. The van der Waals surface area contributed by atoms with Gasteiger partial charge in [-0.3, -0.25) is 13.9 Å². The van der Waals surface area contributed by atoms with Gasteiger partial charge in [-0.15, -0.1) is 0 Å². The maximum absolute atomic E-state index is 14.1. The molecule has 2 amide bonds. The lowest BCUT2D eigenvalue weighted by molar-refractivity contribution is -0.139. The van der Waals surface area contributed by atoms with Crippen LogP contribution in [0, 0.1) is 12.8 Å². The molecule has 0 fully saturated rings. The molecule has 0 bridgehead atoms. The third kappa shape index (κ3) is 7.93. The fourth-order valence-electron chi connectivity index (χ4n) is 4.08. The summed E-state index contributed by atoms with van der Waals surface area (Å²) >= 11 is 12.9. The van der Waals surface area contributed by atoms with Gasteiger partial charge in [-0.05, 0) is 56.2 Å². The maximum atomic E-state index is 14.1. The number of anilines is 1. The fraction of sp³-hybridized carbons (Fsp3) is 0.333. The second-order valence-electron chi connectivity index (χ2n) is 10.0. The summed E-state index contributed by atoms with van der Waals surface area (Å²) in [7, 11) is -2.81. The van der Waals surface area contributed by atoms with Gasteiger partial charge in [0.1, 0.15) is 18.3 Å². The van der Waals surface area contributed by atoms with Crippen LogP contribution in [0.3, 0.4) is 0 Å². The van der Waals surface area contributed by atoms with Gasteiger partial charge in [0.2, 0.25) is 11.8 Å². The van der Waals surface area contributed by atoms with Crippen molar-refractivity contribution in [1.29, 1.82) is 0 Å². The highest BCUT2D eigenvalue weighted by Gasteiger charge is 2.34. The van der Waals surface area contributed by atoms with Crippen LogP contribution < -0.4 is 14.4 Å². The minimum atomic E-state index is -4.24. The van der Waals surface area contributed by atoms with Gasteiger partial charge < -0.3 is 15.0 Å². The SMILES string of the molecule is COc1ccccc1N(CC(=O)N(Cc1c(Cl)cccc1Cl)[C@@H](C)C(=O)NCC(C)C)S(=O)(=O)c1ccc(C)cc1. The molecule has 0 spiro atoms. The Bertz CT molecular complexity index is 1460. The van der Waals surface area contributed by atoms with E-state index in [4.69, 9.17) is 27.9 Å². The molecule has 0 heterocycles. The molecular formula is C30H35Cl2N3O5S. The van der Waals surface area contributed by atoms with Crippen LogP contribution in [-0.2, 0) is 26.2 Å². The largest absolute Gasteiger partial charge is 0.495 e. The first-order chi connectivity index (χ1) is 19.4. The number of rotatable bonds is 12. The predicted molar refractivity (Wildman–Crippen MR) is 163 cm³/mol. The van der Waals surface area contributed by atoms with E-state index in [1.807, 2.05) is 20.8 Å². The monoisotopic (exact) mass is 619 g/mol. The van der Waals surface area contributed by atoms with E-state index >= 15 is 0 Å². The highest BCUT2D eigenvalue weighted by molar-refractivity contribution is 7.92. The third-order valence-electron chi connectivity index (χ3n) is 6.48. The number of carbonyl (C=O) groups excluding carboxylic acids is 2. The van der Waals surface area contributed by atoms with E-state index in [0.717, 1.165) is 9.87 Å². The average Bonchev–Trinajstić information content (AvgIpc) is 2.94. The van der Waals surface area contributed by atoms with E-state index in [0.29, 0.717) is 22.2 Å². The van der Waals surface area contributed by atoms with Crippen molar-refractivity contribution in [2.75, 3.05) is 24.5 Å². The smallest absolute Gasteiger partial charge is 0.264 e. The number of hydrogen-bond donors (Lipinski definition) is 1. The summed E-state index contributed by atoms with van der Waals surface area (Å²) < 4.78 is 34.4.